The Morgan fingerprint density at radius 2 is 1.81 bits per heavy atom. The maximum atomic E-state index is 11.6. The largest absolute Gasteiger partial charge is 0.444 e. The molecule has 1 amide bonds. The molecule has 0 saturated carbocycles. The molecule has 1 rings (SSSR count). The summed E-state index contributed by atoms with van der Waals surface area (Å²) in [6.45, 7) is 14.1. The van der Waals surface area contributed by atoms with E-state index in [0.29, 0.717) is 6.54 Å². The van der Waals surface area contributed by atoms with Gasteiger partial charge in [0.05, 0.1) is 0 Å². The first-order valence-electron chi connectivity index (χ1n) is 7.18. The number of alkyl carbamates (subject to hydrolysis) is 1. The lowest BCUT2D eigenvalue weighted by molar-refractivity contribution is 0.0523. The van der Waals surface area contributed by atoms with Crippen molar-refractivity contribution in [3.63, 3.8) is 0 Å². The molecule has 21 heavy (non-hydrogen) atoms. The van der Waals surface area contributed by atoms with Gasteiger partial charge in [-0.25, -0.2) is 9.78 Å². The molecule has 2 N–H and O–H groups in total. The predicted octanol–water partition coefficient (Wildman–Crippen LogP) is 3.63. The smallest absolute Gasteiger partial charge is 0.407 e. The van der Waals surface area contributed by atoms with E-state index in [1.165, 1.54) is 0 Å². The Morgan fingerprint density at radius 1 is 1.19 bits per heavy atom. The Kier molecular flexibility index (Phi) is 5.20. The number of pyridine rings is 1. The molecule has 0 atom stereocenters. The van der Waals surface area contributed by atoms with Crippen molar-refractivity contribution in [3.8, 4) is 0 Å². The highest BCUT2D eigenvalue weighted by Crippen LogP contribution is 2.15. The number of carbonyl (C=O) groups excluding carboxylic acids is 1. The number of nitrogens with zero attached hydrogens (tertiary/aromatic N) is 1. The second kappa shape index (κ2) is 6.33. The molecule has 0 aliphatic carbocycles. The van der Waals surface area contributed by atoms with Gasteiger partial charge in [-0.05, 0) is 60.1 Å². The van der Waals surface area contributed by atoms with E-state index < -0.39 is 11.7 Å². The SMILES string of the molecule is Cc1nc(NC(C)(C)C)ccc1CNC(=O)OC(C)(C)C. The van der Waals surface area contributed by atoms with E-state index in [9.17, 15) is 4.79 Å². The molecule has 0 unspecified atom stereocenters. The number of hydrogen-bond acceptors (Lipinski definition) is 4. The molecule has 0 saturated heterocycles. The first kappa shape index (κ1) is 17.3. The van der Waals surface area contributed by atoms with E-state index in [2.05, 4.69) is 36.4 Å². The Hall–Kier alpha value is -1.78. The summed E-state index contributed by atoms with van der Waals surface area (Å²) in [6, 6.07) is 3.89. The number of amides is 1. The minimum atomic E-state index is -0.488. The van der Waals surface area contributed by atoms with Gasteiger partial charge >= 0.3 is 6.09 Å². The first-order chi connectivity index (χ1) is 9.46. The van der Waals surface area contributed by atoms with Crippen molar-refractivity contribution in [2.24, 2.45) is 0 Å². The third kappa shape index (κ3) is 6.97. The van der Waals surface area contributed by atoms with Crippen LogP contribution in [0.2, 0.25) is 0 Å². The fraction of sp³-hybridized carbons (Fsp3) is 0.625. The standard InChI is InChI=1S/C16H27N3O2/c1-11-12(10-17-14(20)21-16(5,6)7)8-9-13(18-11)19-15(2,3)4/h8-9H,10H2,1-7H3,(H,17,20)(H,18,19). The summed E-state index contributed by atoms with van der Waals surface area (Å²) in [6.07, 6.45) is -0.418. The van der Waals surface area contributed by atoms with Crippen molar-refractivity contribution in [1.29, 1.82) is 0 Å². The second-order valence-electron chi connectivity index (χ2n) is 7.17. The summed E-state index contributed by atoms with van der Waals surface area (Å²) < 4.78 is 5.21. The zero-order valence-electron chi connectivity index (χ0n) is 14.1. The number of anilines is 1. The molecule has 5 heteroatoms. The minimum absolute atomic E-state index is 0.0320. The van der Waals surface area contributed by atoms with E-state index in [0.717, 1.165) is 17.1 Å². The lowest BCUT2D eigenvalue weighted by Gasteiger charge is -2.22. The molecule has 118 valence electrons. The minimum Gasteiger partial charge on any atom is -0.444 e. The monoisotopic (exact) mass is 293 g/mol. The van der Waals surface area contributed by atoms with Crippen LogP contribution in [-0.4, -0.2) is 22.2 Å². The maximum absolute atomic E-state index is 11.6. The fourth-order valence-corrected chi connectivity index (χ4v) is 1.71. The van der Waals surface area contributed by atoms with Crippen LogP contribution in [0.4, 0.5) is 10.6 Å². The van der Waals surface area contributed by atoms with Crippen LogP contribution in [0.1, 0.15) is 52.8 Å². The van der Waals surface area contributed by atoms with Crippen LogP contribution in [0.3, 0.4) is 0 Å². The van der Waals surface area contributed by atoms with Gasteiger partial charge in [-0.15, -0.1) is 0 Å². The molecule has 5 nitrogen and oxygen atoms in total. The molecule has 0 aliphatic rings. The maximum Gasteiger partial charge on any atom is 0.407 e. The van der Waals surface area contributed by atoms with E-state index in [1.54, 1.807) is 0 Å². The highest BCUT2D eigenvalue weighted by Gasteiger charge is 2.16. The average Bonchev–Trinajstić information content (AvgIpc) is 2.23. The number of aromatic nitrogens is 1. The summed E-state index contributed by atoms with van der Waals surface area (Å²) in [5, 5.41) is 6.06. The van der Waals surface area contributed by atoms with Gasteiger partial charge < -0.3 is 15.4 Å². The van der Waals surface area contributed by atoms with E-state index in [-0.39, 0.29) is 5.54 Å². The Morgan fingerprint density at radius 3 is 2.29 bits per heavy atom. The number of rotatable bonds is 3. The van der Waals surface area contributed by atoms with Gasteiger partial charge in [-0.2, -0.15) is 0 Å². The third-order valence-corrected chi connectivity index (χ3v) is 2.52. The summed E-state index contributed by atoms with van der Waals surface area (Å²) >= 11 is 0. The van der Waals surface area contributed by atoms with Crippen molar-refractivity contribution in [3.05, 3.63) is 23.4 Å². The van der Waals surface area contributed by atoms with Crippen molar-refractivity contribution in [2.45, 2.75) is 66.2 Å². The molecule has 0 fully saturated rings. The van der Waals surface area contributed by atoms with Crippen molar-refractivity contribution < 1.29 is 9.53 Å². The predicted molar refractivity (Wildman–Crippen MR) is 85.4 cm³/mol. The van der Waals surface area contributed by atoms with E-state index in [1.807, 2.05) is 39.8 Å². The van der Waals surface area contributed by atoms with Crippen LogP contribution >= 0.6 is 0 Å². The van der Waals surface area contributed by atoms with Crippen molar-refractivity contribution >= 4 is 11.9 Å². The van der Waals surface area contributed by atoms with Gasteiger partial charge in [-0.1, -0.05) is 6.07 Å². The molecule has 1 aromatic rings. The summed E-state index contributed by atoms with van der Waals surface area (Å²) in [7, 11) is 0. The normalized spacial score (nSPS) is 12.0. The van der Waals surface area contributed by atoms with Crippen LogP contribution in [0.5, 0.6) is 0 Å². The number of ether oxygens (including phenoxy) is 1. The van der Waals surface area contributed by atoms with Crippen LogP contribution in [0.25, 0.3) is 0 Å². The third-order valence-electron chi connectivity index (χ3n) is 2.52. The van der Waals surface area contributed by atoms with Crippen LogP contribution in [-0.2, 0) is 11.3 Å². The Bertz CT molecular complexity index is 499. The highest BCUT2D eigenvalue weighted by molar-refractivity contribution is 5.67. The van der Waals surface area contributed by atoms with Crippen LogP contribution < -0.4 is 10.6 Å². The molecular weight excluding hydrogens is 266 g/mol. The zero-order valence-corrected chi connectivity index (χ0v) is 14.1. The lowest BCUT2D eigenvalue weighted by atomic mass is 10.1. The molecule has 0 aromatic carbocycles. The molecule has 0 spiro atoms. The van der Waals surface area contributed by atoms with E-state index in [4.69, 9.17) is 4.74 Å². The second-order valence-corrected chi connectivity index (χ2v) is 7.17. The summed E-state index contributed by atoms with van der Waals surface area (Å²) in [5.74, 6) is 0.834. The molecule has 1 heterocycles. The van der Waals surface area contributed by atoms with Crippen molar-refractivity contribution in [2.75, 3.05) is 5.32 Å². The van der Waals surface area contributed by atoms with Gasteiger partial charge in [0, 0.05) is 17.8 Å². The average molecular weight is 293 g/mol. The number of hydrogen-bond donors (Lipinski definition) is 2. The van der Waals surface area contributed by atoms with Gasteiger partial charge in [0.25, 0.3) is 0 Å². The summed E-state index contributed by atoms with van der Waals surface area (Å²) in [4.78, 5) is 16.1. The topological polar surface area (TPSA) is 63.2 Å². The van der Waals surface area contributed by atoms with Crippen LogP contribution in [0.15, 0.2) is 12.1 Å². The van der Waals surface area contributed by atoms with Gasteiger partial charge in [0.15, 0.2) is 0 Å². The Balaban J connectivity index is 2.63. The van der Waals surface area contributed by atoms with E-state index >= 15 is 0 Å². The summed E-state index contributed by atoms with van der Waals surface area (Å²) in [5.41, 5.74) is 1.34. The molecular formula is C16H27N3O2. The van der Waals surface area contributed by atoms with Crippen LogP contribution in [0, 0.1) is 6.92 Å². The molecule has 0 aliphatic heterocycles. The van der Waals surface area contributed by atoms with Gasteiger partial charge in [0.1, 0.15) is 11.4 Å². The van der Waals surface area contributed by atoms with Gasteiger partial charge in [0.2, 0.25) is 0 Å². The molecule has 1 aromatic heterocycles. The fourth-order valence-electron chi connectivity index (χ4n) is 1.71. The number of nitrogens with one attached hydrogen (secondary N) is 2. The molecule has 0 radical (unpaired) electrons. The zero-order chi connectivity index (χ0) is 16.3. The molecule has 0 bridgehead atoms. The quantitative estimate of drug-likeness (QED) is 0.893. The van der Waals surface area contributed by atoms with Gasteiger partial charge in [-0.3, -0.25) is 0 Å². The lowest BCUT2D eigenvalue weighted by Crippen LogP contribution is -2.32. The Labute approximate surface area is 127 Å². The highest BCUT2D eigenvalue weighted by atomic mass is 16.6. The number of carbonyl (C=O) groups is 1. The number of aryl methyl sites for hydroxylation is 1. The first-order valence-corrected chi connectivity index (χ1v) is 7.18. The van der Waals surface area contributed by atoms with Crippen molar-refractivity contribution in [1.82, 2.24) is 10.3 Å².